The minimum Gasteiger partial charge on any atom is -0.456 e. The van der Waals surface area contributed by atoms with E-state index in [1.807, 2.05) is 182 Å². The van der Waals surface area contributed by atoms with Gasteiger partial charge in [0, 0.05) is 125 Å². The van der Waals surface area contributed by atoms with Crippen molar-refractivity contribution in [3.63, 3.8) is 0 Å². The van der Waals surface area contributed by atoms with E-state index in [9.17, 15) is 0 Å². The zero-order valence-corrected chi connectivity index (χ0v) is 66.9. The molecule has 14 nitrogen and oxygen atoms in total. The van der Waals surface area contributed by atoms with Gasteiger partial charge >= 0.3 is 0 Å². The van der Waals surface area contributed by atoms with Crippen LogP contribution in [0, 0.1) is 0 Å². The van der Waals surface area contributed by atoms with E-state index in [0.29, 0.717) is 51.1 Å². The molecule has 10 heterocycles. The van der Waals surface area contributed by atoms with Gasteiger partial charge in [0.05, 0.1) is 27.3 Å². The fourth-order valence-electron chi connectivity index (χ4n) is 19.0. The van der Waals surface area contributed by atoms with Crippen LogP contribution in [0.15, 0.2) is 390 Å². The van der Waals surface area contributed by atoms with Crippen molar-refractivity contribution < 1.29 is 26.5 Å². The SMILES string of the molecule is Clc1ccc2oc3ccccc3c2c1-c1nc(-c2cccc3oc4ccccc4c23)nc(-c2cccc3oc4ccccc4c23)n1.c1ccc2cc3c(cc2c1)[nH]c1ccccc13.c1ccc2cc3c(cc2c1)c1ccccc1n3-c1ccc2oc3ccccc3c2c1-c1nc(-c2cccc3oc4ccccc4c23)nc(-c2cccc3oc4ccccc4c23)n1. The second-order valence-electron chi connectivity index (χ2n) is 31.5. The molecule has 0 saturated carbocycles. The first kappa shape index (κ1) is 70.1. The number of furan rings is 6. The summed E-state index contributed by atoms with van der Waals surface area (Å²) >= 11 is 7.03. The second-order valence-corrected chi connectivity index (χ2v) is 31.9. The number of fused-ring (bicyclic) bond motifs is 26. The number of hydrogen-bond donors (Lipinski definition) is 1. The van der Waals surface area contributed by atoms with E-state index in [2.05, 4.69) is 192 Å². The van der Waals surface area contributed by atoms with Crippen LogP contribution >= 0.6 is 11.6 Å². The van der Waals surface area contributed by atoms with Crippen molar-refractivity contribution in [1.29, 1.82) is 0 Å². The summed E-state index contributed by atoms with van der Waals surface area (Å²) in [5.41, 5.74) is 19.6. The van der Waals surface area contributed by atoms with Crippen LogP contribution in [0.4, 0.5) is 0 Å². The molecule has 0 fully saturated rings. The van der Waals surface area contributed by atoms with Crippen LogP contribution < -0.4 is 0 Å². The van der Waals surface area contributed by atoms with E-state index >= 15 is 0 Å². The summed E-state index contributed by atoms with van der Waals surface area (Å²) < 4.78 is 40.5. The summed E-state index contributed by atoms with van der Waals surface area (Å²) in [4.78, 5) is 35.4. The third-order valence-electron chi connectivity index (χ3n) is 24.5. The number of para-hydroxylation sites is 8. The Balaban J connectivity index is 0.000000115. The molecule has 0 saturated heterocycles. The summed E-state index contributed by atoms with van der Waals surface area (Å²) in [5, 5.41) is 21.8. The molecule has 125 heavy (non-hydrogen) atoms. The molecule has 28 rings (SSSR count). The fraction of sp³-hybridized carbons (Fsp3) is 0. The van der Waals surface area contributed by atoms with Crippen LogP contribution in [-0.2, 0) is 0 Å². The third-order valence-corrected chi connectivity index (χ3v) is 24.8. The summed E-state index contributed by atoms with van der Waals surface area (Å²) in [6.45, 7) is 0. The minimum absolute atomic E-state index is 0.441. The highest BCUT2D eigenvalue weighted by Gasteiger charge is 2.29. The molecule has 584 valence electrons. The van der Waals surface area contributed by atoms with Gasteiger partial charge in [0.1, 0.15) is 67.0 Å². The maximum atomic E-state index is 7.03. The smallest absolute Gasteiger partial charge is 0.166 e. The van der Waals surface area contributed by atoms with Crippen molar-refractivity contribution in [3.05, 3.63) is 369 Å². The van der Waals surface area contributed by atoms with Crippen molar-refractivity contribution in [2.24, 2.45) is 0 Å². The van der Waals surface area contributed by atoms with Crippen molar-refractivity contribution in [1.82, 2.24) is 39.5 Å². The highest BCUT2D eigenvalue weighted by molar-refractivity contribution is 6.36. The molecule has 0 unspecified atom stereocenters. The van der Waals surface area contributed by atoms with Gasteiger partial charge in [-0.05, 0) is 143 Å². The average Bonchev–Trinajstić information content (AvgIpc) is 1.57. The number of nitrogens with one attached hydrogen (secondary N) is 1. The highest BCUT2D eigenvalue weighted by atomic mass is 35.5. The van der Waals surface area contributed by atoms with Gasteiger partial charge in [-0.2, -0.15) is 0 Å². The molecule has 0 bridgehead atoms. The number of nitrogens with zero attached hydrogens (tertiary/aromatic N) is 7. The Labute approximate surface area is 712 Å². The Morgan fingerprint density at radius 1 is 0.208 bits per heavy atom. The normalized spacial score (nSPS) is 12.0. The van der Waals surface area contributed by atoms with E-state index in [0.717, 1.165) is 187 Å². The minimum atomic E-state index is 0.441. The topological polar surface area (TPSA) is 177 Å². The lowest BCUT2D eigenvalue weighted by molar-refractivity contribution is 0.668. The first-order valence-corrected chi connectivity index (χ1v) is 41.8. The summed E-state index contributed by atoms with van der Waals surface area (Å²) in [7, 11) is 0. The molecular formula is C110H61ClN8O6. The predicted molar refractivity (Wildman–Crippen MR) is 506 cm³/mol. The molecule has 0 aliphatic rings. The first-order chi connectivity index (χ1) is 61.9. The molecule has 15 heteroatoms. The Hall–Kier alpha value is -16.8. The molecule has 0 aliphatic carbocycles. The molecule has 0 atom stereocenters. The van der Waals surface area contributed by atoms with E-state index in [4.69, 9.17) is 68.0 Å². The van der Waals surface area contributed by atoms with Gasteiger partial charge in [-0.3, -0.25) is 0 Å². The maximum Gasteiger partial charge on any atom is 0.166 e. The molecular weight excluding hydrogens is 1560 g/mol. The van der Waals surface area contributed by atoms with Crippen LogP contribution in [-0.4, -0.2) is 39.5 Å². The van der Waals surface area contributed by atoms with Gasteiger partial charge in [0.25, 0.3) is 0 Å². The number of aromatic nitrogens is 8. The van der Waals surface area contributed by atoms with Crippen molar-refractivity contribution in [2.45, 2.75) is 0 Å². The second kappa shape index (κ2) is 27.6. The Kier molecular flexibility index (Phi) is 15.5. The van der Waals surface area contributed by atoms with E-state index in [1.54, 1.807) is 0 Å². The average molecular weight is 1630 g/mol. The van der Waals surface area contributed by atoms with E-state index in [1.165, 1.54) is 38.0 Å². The van der Waals surface area contributed by atoms with Gasteiger partial charge in [0.15, 0.2) is 34.9 Å². The van der Waals surface area contributed by atoms with Gasteiger partial charge < -0.3 is 36.1 Å². The highest BCUT2D eigenvalue weighted by Crippen LogP contribution is 2.49. The van der Waals surface area contributed by atoms with Crippen LogP contribution in [0.25, 0.3) is 271 Å². The number of aromatic amines is 1. The summed E-state index contributed by atoms with van der Waals surface area (Å²) in [6, 6.07) is 124. The lowest BCUT2D eigenvalue weighted by Gasteiger charge is -2.16. The molecule has 28 aromatic rings. The Morgan fingerprint density at radius 2 is 0.520 bits per heavy atom. The lowest BCUT2D eigenvalue weighted by Crippen LogP contribution is -2.04. The number of hydrogen-bond acceptors (Lipinski definition) is 12. The van der Waals surface area contributed by atoms with Gasteiger partial charge in [-0.15, -0.1) is 0 Å². The number of halogens is 1. The summed E-state index contributed by atoms with van der Waals surface area (Å²) in [5.74, 6) is 3.01. The Bertz CT molecular complexity index is 9140. The lowest BCUT2D eigenvalue weighted by atomic mass is 10.0. The first-order valence-electron chi connectivity index (χ1n) is 41.4. The quantitative estimate of drug-likeness (QED) is 0.160. The largest absolute Gasteiger partial charge is 0.456 e. The Morgan fingerprint density at radius 3 is 0.960 bits per heavy atom. The van der Waals surface area contributed by atoms with Crippen LogP contribution in [0.1, 0.15) is 0 Å². The molecule has 1 N–H and O–H groups in total. The van der Waals surface area contributed by atoms with Crippen molar-refractivity contribution in [3.8, 4) is 74.0 Å². The van der Waals surface area contributed by atoms with Crippen LogP contribution in [0.5, 0.6) is 0 Å². The van der Waals surface area contributed by atoms with Crippen LogP contribution in [0.2, 0.25) is 5.02 Å². The molecule has 10 aromatic heterocycles. The van der Waals surface area contributed by atoms with E-state index < -0.39 is 0 Å². The zero-order valence-electron chi connectivity index (χ0n) is 66.1. The van der Waals surface area contributed by atoms with Gasteiger partial charge in [0.2, 0.25) is 0 Å². The third kappa shape index (κ3) is 11.1. The van der Waals surface area contributed by atoms with Gasteiger partial charge in [-0.1, -0.05) is 254 Å². The molecule has 18 aromatic carbocycles. The number of benzene rings is 18. The fourth-order valence-corrected chi connectivity index (χ4v) is 19.2. The maximum absolute atomic E-state index is 7.03. The number of rotatable bonds is 7. The molecule has 0 amide bonds. The summed E-state index contributed by atoms with van der Waals surface area (Å²) in [6.07, 6.45) is 0. The van der Waals surface area contributed by atoms with Crippen molar-refractivity contribution >= 4 is 208 Å². The predicted octanol–water partition coefficient (Wildman–Crippen LogP) is 30.5. The standard InChI is InChI=1S/C55H30N4O3.C39H20ClN3O3.C16H11N/c1-2-14-32-30-42-39(29-31(32)13-1)33-15-3-7-21-40(33)59(42)41-27-28-48-51(36-18-6-10-24-45(36)62-48)52(41)55-57-53(37-19-11-25-46-49(37)34-16-4-8-22-43(34)60-46)56-54(58-55)38-20-12-26-47-50(38)35-17-5-9-23-44(35)61-47;40-26-19-20-32-35(23-11-3-6-16-29(23)46-32)36(26)39-42-37(24-12-7-17-30-33(24)21-9-1-4-14-27(21)44-30)41-38(43-39)25-13-8-18-31-34(25)22-10-2-5-15-28(22)45-31;1-2-6-12-10-16-14(9-11(12)5-1)13-7-3-4-8-15(13)17-16/h1-30H;1-20H;1-10,17H. The number of H-pyrrole nitrogens is 1. The van der Waals surface area contributed by atoms with Crippen LogP contribution in [0.3, 0.4) is 0 Å². The molecule has 0 radical (unpaired) electrons. The van der Waals surface area contributed by atoms with Gasteiger partial charge in [-0.25, -0.2) is 29.9 Å². The van der Waals surface area contributed by atoms with E-state index in [-0.39, 0.29) is 0 Å². The monoisotopic (exact) mass is 1620 g/mol. The molecule has 0 aliphatic heterocycles. The van der Waals surface area contributed by atoms with Crippen molar-refractivity contribution in [2.75, 3.05) is 0 Å². The molecule has 0 spiro atoms. The zero-order chi connectivity index (χ0) is 82.1.